The third-order valence-electron chi connectivity index (χ3n) is 3.92. The lowest BCUT2D eigenvalue weighted by molar-refractivity contribution is 0.686. The maximum atomic E-state index is 7.04. The molecule has 0 bridgehead atoms. The molecular weight excluding hydrogens is 295 g/mol. The molecule has 0 nitrogen and oxygen atoms in total. The molecule has 0 spiro atoms. The monoisotopic (exact) mass is 326 g/mol. The summed E-state index contributed by atoms with van der Waals surface area (Å²) < 4.78 is 0. The average Bonchev–Trinajstić information content (AvgIpc) is 2.29. The second kappa shape index (κ2) is 9.85. The summed E-state index contributed by atoms with van der Waals surface area (Å²) in [5, 5.41) is 0. The SMILES string of the molecule is CCCCCC[Si](Cl)(CCCCCC)[Si](C)(C)Cl. The Hall–Kier alpha value is 1.01. The molecular formula is C14H32Cl2Si2. The molecule has 110 valence electrons. The van der Waals surface area contributed by atoms with Gasteiger partial charge in [-0.2, -0.15) is 22.2 Å². The molecule has 0 aromatic rings. The zero-order chi connectivity index (χ0) is 14.1. The Labute approximate surface area is 126 Å². The van der Waals surface area contributed by atoms with Gasteiger partial charge in [-0.3, -0.25) is 0 Å². The van der Waals surface area contributed by atoms with Gasteiger partial charge in [0.2, 0.25) is 0 Å². The minimum absolute atomic E-state index is 1.25. The smallest absolute Gasteiger partial charge is 0.164 e. The summed E-state index contributed by atoms with van der Waals surface area (Å²) in [7, 11) is 0. The molecule has 0 aliphatic heterocycles. The van der Waals surface area contributed by atoms with Gasteiger partial charge in [-0.25, -0.2) is 0 Å². The van der Waals surface area contributed by atoms with Gasteiger partial charge < -0.3 is 0 Å². The van der Waals surface area contributed by atoms with Crippen molar-refractivity contribution in [2.75, 3.05) is 0 Å². The van der Waals surface area contributed by atoms with Crippen molar-refractivity contribution in [1.82, 2.24) is 0 Å². The van der Waals surface area contributed by atoms with Crippen LogP contribution >= 0.6 is 22.2 Å². The lowest BCUT2D eigenvalue weighted by Crippen LogP contribution is -2.50. The highest BCUT2D eigenvalue weighted by Gasteiger charge is 2.46. The standard InChI is InChI=1S/C14H32Cl2Si2/c1-5-7-9-11-13-18(16,17(3,4)15)14-12-10-8-6-2/h5-14H2,1-4H3. The Balaban J connectivity index is 4.17. The topological polar surface area (TPSA) is 0 Å². The van der Waals surface area contributed by atoms with Crippen molar-refractivity contribution in [3.63, 3.8) is 0 Å². The number of rotatable bonds is 11. The van der Waals surface area contributed by atoms with Gasteiger partial charge in [0.05, 0.1) is 0 Å². The van der Waals surface area contributed by atoms with E-state index in [1.54, 1.807) is 0 Å². The molecule has 0 saturated heterocycles. The first kappa shape index (κ1) is 19.0. The zero-order valence-electron chi connectivity index (χ0n) is 12.8. The van der Waals surface area contributed by atoms with E-state index in [-0.39, 0.29) is 0 Å². The number of halogens is 2. The molecule has 0 fully saturated rings. The van der Waals surface area contributed by atoms with Crippen LogP contribution < -0.4 is 0 Å². The molecule has 4 heteroatoms. The maximum Gasteiger partial charge on any atom is 0.164 e. The van der Waals surface area contributed by atoms with Crippen LogP contribution in [0.25, 0.3) is 0 Å². The largest absolute Gasteiger partial charge is 0.170 e. The van der Waals surface area contributed by atoms with Crippen molar-refractivity contribution in [2.24, 2.45) is 0 Å². The van der Waals surface area contributed by atoms with Gasteiger partial charge in [0.1, 0.15) is 0 Å². The van der Waals surface area contributed by atoms with E-state index in [0.29, 0.717) is 0 Å². The minimum Gasteiger partial charge on any atom is -0.170 e. The molecule has 0 heterocycles. The highest BCUT2D eigenvalue weighted by Crippen LogP contribution is 2.37. The van der Waals surface area contributed by atoms with E-state index in [9.17, 15) is 0 Å². The number of hydrogen-bond acceptors (Lipinski definition) is 0. The van der Waals surface area contributed by atoms with Crippen LogP contribution in [0.3, 0.4) is 0 Å². The summed E-state index contributed by atoms with van der Waals surface area (Å²) in [6, 6.07) is 2.51. The summed E-state index contributed by atoms with van der Waals surface area (Å²) >= 11 is 13.8. The van der Waals surface area contributed by atoms with Crippen molar-refractivity contribution in [2.45, 2.75) is 90.4 Å². The van der Waals surface area contributed by atoms with Gasteiger partial charge in [0.25, 0.3) is 0 Å². The quantitative estimate of drug-likeness (QED) is 0.221. The van der Waals surface area contributed by atoms with E-state index in [1.165, 1.54) is 63.5 Å². The summed E-state index contributed by atoms with van der Waals surface area (Å²) in [6.07, 6.45) is 10.6. The first-order valence-electron chi connectivity index (χ1n) is 7.75. The van der Waals surface area contributed by atoms with E-state index in [1.807, 2.05) is 0 Å². The fourth-order valence-corrected chi connectivity index (χ4v) is 12.6. The van der Waals surface area contributed by atoms with Crippen LogP contribution in [0.5, 0.6) is 0 Å². The van der Waals surface area contributed by atoms with Crippen LogP contribution in [-0.2, 0) is 0 Å². The first-order chi connectivity index (χ1) is 8.37. The molecule has 0 rings (SSSR count). The molecule has 0 aromatic carbocycles. The van der Waals surface area contributed by atoms with Crippen molar-refractivity contribution < 1.29 is 0 Å². The third-order valence-corrected chi connectivity index (χ3v) is 25.7. The second-order valence-electron chi connectivity index (χ2n) is 6.06. The Morgan fingerprint density at radius 1 is 0.667 bits per heavy atom. The lowest BCUT2D eigenvalue weighted by Gasteiger charge is -2.34. The molecule has 0 amide bonds. The summed E-state index contributed by atoms with van der Waals surface area (Å²) in [5.74, 6) is 0. The maximum absolute atomic E-state index is 7.04. The fourth-order valence-electron chi connectivity index (χ4n) is 2.38. The van der Waals surface area contributed by atoms with E-state index < -0.39 is 13.8 Å². The van der Waals surface area contributed by atoms with Crippen LogP contribution in [0.1, 0.15) is 65.2 Å². The number of hydrogen-bond donors (Lipinski definition) is 0. The molecule has 0 aliphatic rings. The number of unbranched alkanes of at least 4 members (excludes halogenated alkanes) is 6. The molecule has 0 aromatic heterocycles. The predicted molar refractivity (Wildman–Crippen MR) is 92.8 cm³/mol. The van der Waals surface area contributed by atoms with E-state index >= 15 is 0 Å². The van der Waals surface area contributed by atoms with Crippen LogP contribution in [0.2, 0.25) is 25.2 Å². The molecule has 0 atom stereocenters. The first-order valence-corrected chi connectivity index (χ1v) is 16.2. The highest BCUT2D eigenvalue weighted by molar-refractivity contribution is 7.71. The van der Waals surface area contributed by atoms with Crippen molar-refractivity contribution in [3.8, 4) is 0 Å². The molecule has 0 saturated carbocycles. The molecule has 18 heavy (non-hydrogen) atoms. The average molecular weight is 327 g/mol. The molecule has 0 aliphatic carbocycles. The van der Waals surface area contributed by atoms with Crippen molar-refractivity contribution in [3.05, 3.63) is 0 Å². The van der Waals surface area contributed by atoms with E-state index in [0.717, 1.165) is 0 Å². The molecule has 0 unspecified atom stereocenters. The van der Waals surface area contributed by atoms with Gasteiger partial charge in [0, 0.05) is 0 Å². The highest BCUT2D eigenvalue weighted by atomic mass is 35.6. The zero-order valence-corrected chi connectivity index (χ0v) is 16.3. The normalized spacial score (nSPS) is 13.0. The summed E-state index contributed by atoms with van der Waals surface area (Å²) in [4.78, 5) is 0. The van der Waals surface area contributed by atoms with Gasteiger partial charge >= 0.3 is 0 Å². The van der Waals surface area contributed by atoms with Crippen LogP contribution in [-0.4, -0.2) is 13.8 Å². The minimum atomic E-state index is -1.67. The second-order valence-corrected chi connectivity index (χ2v) is 25.5. The molecule has 0 N–H and O–H groups in total. The Bertz CT molecular complexity index is 190. The van der Waals surface area contributed by atoms with E-state index in [4.69, 9.17) is 22.2 Å². The van der Waals surface area contributed by atoms with Gasteiger partial charge in [-0.1, -0.05) is 78.3 Å². The van der Waals surface area contributed by atoms with Crippen LogP contribution in [0.15, 0.2) is 0 Å². The van der Waals surface area contributed by atoms with E-state index in [2.05, 4.69) is 26.9 Å². The van der Waals surface area contributed by atoms with Gasteiger partial charge in [-0.15, -0.1) is 0 Å². The third kappa shape index (κ3) is 7.57. The van der Waals surface area contributed by atoms with Crippen molar-refractivity contribution >= 4 is 36.0 Å². The Kier molecular flexibility index (Phi) is 10.4. The van der Waals surface area contributed by atoms with Gasteiger partial charge in [-0.05, 0) is 12.1 Å². The van der Waals surface area contributed by atoms with Gasteiger partial charge in [0.15, 0.2) is 13.8 Å². The Morgan fingerprint density at radius 3 is 1.33 bits per heavy atom. The van der Waals surface area contributed by atoms with Crippen LogP contribution in [0.4, 0.5) is 0 Å². The summed E-state index contributed by atoms with van der Waals surface area (Å²) in [6.45, 7) is 5.73. The predicted octanol–water partition coefficient (Wildman–Crippen LogP) is 6.85. The lowest BCUT2D eigenvalue weighted by atomic mass is 10.2. The Morgan fingerprint density at radius 2 is 1.06 bits per heavy atom. The summed E-state index contributed by atoms with van der Waals surface area (Å²) in [5.41, 5.74) is 0. The molecule has 0 radical (unpaired) electrons. The fraction of sp³-hybridized carbons (Fsp3) is 1.00. The van der Waals surface area contributed by atoms with Crippen molar-refractivity contribution in [1.29, 1.82) is 0 Å². The van der Waals surface area contributed by atoms with Crippen LogP contribution in [0, 0.1) is 0 Å².